The number of nitrogens with zero attached hydrogens (tertiary/aromatic N) is 1. The zero-order valence-corrected chi connectivity index (χ0v) is 15.8. The summed E-state index contributed by atoms with van der Waals surface area (Å²) in [6, 6.07) is 15.3. The molecular weight excluding hydrogens is 360 g/mol. The highest BCUT2D eigenvalue weighted by Gasteiger charge is 2.10. The molecule has 138 valence electrons. The van der Waals surface area contributed by atoms with Crippen LogP contribution < -0.4 is 5.32 Å². The Hall–Kier alpha value is -2.99. The Morgan fingerprint density at radius 2 is 1.85 bits per heavy atom. The minimum absolute atomic E-state index is 0.123. The van der Waals surface area contributed by atoms with E-state index >= 15 is 0 Å². The highest BCUT2D eigenvalue weighted by molar-refractivity contribution is 7.19. The number of hydrogen-bond donors (Lipinski definition) is 2. The number of hydrogen-bond acceptors (Lipinski definition) is 4. The van der Waals surface area contributed by atoms with E-state index in [1.165, 1.54) is 0 Å². The number of carboxylic acids is 1. The maximum Gasteiger partial charge on any atom is 0.303 e. The van der Waals surface area contributed by atoms with Gasteiger partial charge in [0.25, 0.3) is 5.91 Å². The number of rotatable bonds is 7. The summed E-state index contributed by atoms with van der Waals surface area (Å²) in [6.07, 6.45) is 3.32. The predicted octanol–water partition coefficient (Wildman–Crippen LogP) is 4.45. The topological polar surface area (TPSA) is 79.3 Å². The van der Waals surface area contributed by atoms with Crippen LogP contribution in [0.2, 0.25) is 0 Å². The maximum absolute atomic E-state index is 11.7. The standard InChI is InChI=1S/C21H20N2O3S/c1-22-20(26)15-11-9-14(10-12-15)13-16(5-4-8-19(24)25)21-23-17-6-2-3-7-18(17)27-21/h2-3,6-7,9-13H,4-5,8H2,1H3,(H,22,26)(H,24,25)/b16-13-. The SMILES string of the molecule is CNC(=O)c1ccc(/C=C(/CCCC(=O)O)c2nc3ccccc3s2)cc1. The first-order valence-corrected chi connectivity index (χ1v) is 9.49. The quantitative estimate of drug-likeness (QED) is 0.635. The van der Waals surface area contributed by atoms with Gasteiger partial charge in [0, 0.05) is 19.0 Å². The van der Waals surface area contributed by atoms with Gasteiger partial charge in [0.15, 0.2) is 0 Å². The Balaban J connectivity index is 1.91. The molecule has 2 N–H and O–H groups in total. The summed E-state index contributed by atoms with van der Waals surface area (Å²) in [5, 5.41) is 12.4. The summed E-state index contributed by atoms with van der Waals surface area (Å²) in [5.41, 5.74) is 3.50. The molecule has 0 atom stereocenters. The molecule has 5 nitrogen and oxygen atoms in total. The van der Waals surface area contributed by atoms with Crippen molar-refractivity contribution in [1.29, 1.82) is 0 Å². The van der Waals surface area contributed by atoms with Crippen LogP contribution in [0.4, 0.5) is 0 Å². The first-order chi connectivity index (χ1) is 13.1. The van der Waals surface area contributed by atoms with Crippen LogP contribution in [0.25, 0.3) is 21.9 Å². The molecule has 0 saturated heterocycles. The van der Waals surface area contributed by atoms with Gasteiger partial charge in [0.05, 0.1) is 10.2 Å². The number of nitrogens with one attached hydrogen (secondary N) is 1. The van der Waals surface area contributed by atoms with Crippen LogP contribution >= 0.6 is 11.3 Å². The number of aliphatic carboxylic acids is 1. The van der Waals surface area contributed by atoms with Crippen LogP contribution in [0.3, 0.4) is 0 Å². The molecular formula is C21H20N2O3S. The van der Waals surface area contributed by atoms with Gasteiger partial charge >= 0.3 is 5.97 Å². The second-order valence-corrected chi connectivity index (χ2v) is 7.14. The van der Waals surface area contributed by atoms with E-state index < -0.39 is 5.97 Å². The fourth-order valence-corrected chi connectivity index (χ4v) is 3.77. The minimum Gasteiger partial charge on any atom is -0.481 e. The number of para-hydroxylation sites is 1. The Labute approximate surface area is 161 Å². The Kier molecular flexibility index (Phi) is 5.98. The zero-order chi connectivity index (χ0) is 19.2. The van der Waals surface area contributed by atoms with Crippen molar-refractivity contribution >= 4 is 45.1 Å². The molecule has 27 heavy (non-hydrogen) atoms. The smallest absolute Gasteiger partial charge is 0.303 e. The molecule has 3 aromatic rings. The van der Waals surface area contributed by atoms with Gasteiger partial charge in [-0.05, 0) is 54.3 Å². The molecule has 0 bridgehead atoms. The predicted molar refractivity (Wildman–Crippen MR) is 109 cm³/mol. The van der Waals surface area contributed by atoms with Crippen molar-refractivity contribution in [1.82, 2.24) is 10.3 Å². The molecule has 6 heteroatoms. The number of carbonyl (C=O) groups excluding carboxylic acids is 1. The van der Waals surface area contributed by atoms with Gasteiger partial charge in [-0.1, -0.05) is 24.3 Å². The van der Waals surface area contributed by atoms with Crippen molar-refractivity contribution in [3.63, 3.8) is 0 Å². The fourth-order valence-electron chi connectivity index (χ4n) is 2.76. The minimum atomic E-state index is -0.798. The van der Waals surface area contributed by atoms with E-state index in [1.54, 1.807) is 30.5 Å². The van der Waals surface area contributed by atoms with E-state index in [-0.39, 0.29) is 12.3 Å². The molecule has 1 aromatic heterocycles. The molecule has 0 aliphatic carbocycles. The fraction of sp³-hybridized carbons (Fsp3) is 0.190. The lowest BCUT2D eigenvalue weighted by molar-refractivity contribution is -0.137. The molecule has 1 amide bonds. The van der Waals surface area contributed by atoms with Gasteiger partial charge < -0.3 is 10.4 Å². The van der Waals surface area contributed by atoms with E-state index in [4.69, 9.17) is 10.1 Å². The molecule has 0 fully saturated rings. The van der Waals surface area contributed by atoms with Crippen LogP contribution in [0.5, 0.6) is 0 Å². The monoisotopic (exact) mass is 380 g/mol. The van der Waals surface area contributed by atoms with Gasteiger partial charge in [-0.3, -0.25) is 9.59 Å². The van der Waals surface area contributed by atoms with E-state index in [1.807, 2.05) is 42.5 Å². The van der Waals surface area contributed by atoms with Crippen molar-refractivity contribution in [3.05, 3.63) is 64.7 Å². The van der Waals surface area contributed by atoms with Gasteiger partial charge in [0.2, 0.25) is 0 Å². The number of benzene rings is 2. The number of aromatic nitrogens is 1. The second-order valence-electron chi connectivity index (χ2n) is 6.10. The molecule has 0 aliphatic rings. The zero-order valence-electron chi connectivity index (χ0n) is 14.9. The summed E-state index contributed by atoms with van der Waals surface area (Å²) in [5.74, 6) is -0.924. The third-order valence-corrected chi connectivity index (χ3v) is 5.26. The van der Waals surface area contributed by atoms with Gasteiger partial charge in [-0.15, -0.1) is 11.3 Å². The molecule has 0 aliphatic heterocycles. The summed E-state index contributed by atoms with van der Waals surface area (Å²) >= 11 is 1.60. The highest BCUT2D eigenvalue weighted by Crippen LogP contribution is 2.31. The lowest BCUT2D eigenvalue weighted by atomic mass is 10.0. The van der Waals surface area contributed by atoms with Crippen molar-refractivity contribution in [2.75, 3.05) is 7.05 Å². The van der Waals surface area contributed by atoms with Crippen molar-refractivity contribution in [2.45, 2.75) is 19.3 Å². The summed E-state index contributed by atoms with van der Waals surface area (Å²) < 4.78 is 1.10. The van der Waals surface area contributed by atoms with Gasteiger partial charge in [0.1, 0.15) is 5.01 Å². The number of fused-ring (bicyclic) bond motifs is 1. The number of carbonyl (C=O) groups is 2. The first-order valence-electron chi connectivity index (χ1n) is 8.67. The lowest BCUT2D eigenvalue weighted by Crippen LogP contribution is -2.17. The van der Waals surface area contributed by atoms with E-state index in [2.05, 4.69) is 5.32 Å². The van der Waals surface area contributed by atoms with E-state index in [0.717, 1.165) is 26.4 Å². The number of allylic oxidation sites excluding steroid dienone is 1. The van der Waals surface area contributed by atoms with Crippen LogP contribution in [0.15, 0.2) is 48.5 Å². The Bertz CT molecular complexity index is 957. The molecule has 0 unspecified atom stereocenters. The van der Waals surface area contributed by atoms with Crippen LogP contribution in [0, 0.1) is 0 Å². The largest absolute Gasteiger partial charge is 0.481 e. The number of carboxylic acid groups (broad SMARTS) is 1. The molecule has 0 spiro atoms. The highest BCUT2D eigenvalue weighted by atomic mass is 32.1. The van der Waals surface area contributed by atoms with E-state index in [0.29, 0.717) is 18.4 Å². The third kappa shape index (κ3) is 4.80. The van der Waals surface area contributed by atoms with E-state index in [9.17, 15) is 9.59 Å². The van der Waals surface area contributed by atoms with Gasteiger partial charge in [-0.2, -0.15) is 0 Å². The maximum atomic E-state index is 11.7. The average Bonchev–Trinajstić information content (AvgIpc) is 3.11. The molecule has 2 aromatic carbocycles. The Morgan fingerprint density at radius 1 is 1.11 bits per heavy atom. The third-order valence-electron chi connectivity index (χ3n) is 4.15. The van der Waals surface area contributed by atoms with Crippen molar-refractivity contribution < 1.29 is 14.7 Å². The number of amides is 1. The van der Waals surface area contributed by atoms with Gasteiger partial charge in [-0.25, -0.2) is 4.98 Å². The van der Waals surface area contributed by atoms with Crippen LogP contribution in [-0.2, 0) is 4.79 Å². The van der Waals surface area contributed by atoms with Crippen molar-refractivity contribution in [2.24, 2.45) is 0 Å². The summed E-state index contributed by atoms with van der Waals surface area (Å²) in [7, 11) is 1.60. The molecule has 0 saturated carbocycles. The molecule has 3 rings (SSSR count). The molecule has 1 heterocycles. The van der Waals surface area contributed by atoms with Crippen LogP contribution in [-0.4, -0.2) is 29.0 Å². The normalized spacial score (nSPS) is 11.5. The summed E-state index contributed by atoms with van der Waals surface area (Å²) in [4.78, 5) is 27.3. The average molecular weight is 380 g/mol. The summed E-state index contributed by atoms with van der Waals surface area (Å²) in [6.45, 7) is 0. The Morgan fingerprint density at radius 3 is 2.52 bits per heavy atom. The second kappa shape index (κ2) is 8.60. The van der Waals surface area contributed by atoms with Crippen molar-refractivity contribution in [3.8, 4) is 0 Å². The van der Waals surface area contributed by atoms with Crippen LogP contribution in [0.1, 0.15) is 40.2 Å². The lowest BCUT2D eigenvalue weighted by Gasteiger charge is -2.05. The number of thiazole rings is 1. The first kappa shape index (κ1) is 18.8. The molecule has 0 radical (unpaired) electrons.